The summed E-state index contributed by atoms with van der Waals surface area (Å²) in [5, 5.41) is 2.20. The molecule has 0 radical (unpaired) electrons. The summed E-state index contributed by atoms with van der Waals surface area (Å²) in [5.41, 5.74) is 3.30. The topological polar surface area (TPSA) is 212 Å². The van der Waals surface area contributed by atoms with Crippen molar-refractivity contribution in [2.24, 2.45) is 0 Å². The monoisotopic (exact) mass is 2080 g/mol. The van der Waals surface area contributed by atoms with E-state index < -0.39 is 0 Å². The van der Waals surface area contributed by atoms with Gasteiger partial charge in [-0.25, -0.2) is 0 Å². The van der Waals surface area contributed by atoms with Crippen LogP contribution < -0.4 is 109 Å². The summed E-state index contributed by atoms with van der Waals surface area (Å²) in [4.78, 5) is 0. The van der Waals surface area contributed by atoms with Crippen molar-refractivity contribution in [3.8, 4) is 132 Å². The molecule has 10 aromatic carbocycles. The van der Waals surface area contributed by atoms with E-state index >= 15 is 0 Å². The molecule has 10 rings (SSSR count). The van der Waals surface area contributed by atoms with Gasteiger partial charge in [0.25, 0.3) is 0 Å². The zero-order valence-corrected chi connectivity index (χ0v) is 79.0. The molecule has 0 saturated carbocycles. The molecule has 0 aromatic heterocycles. The van der Waals surface area contributed by atoms with Crippen LogP contribution >= 0.6 is 106 Å². The first kappa shape index (κ1) is 138. The van der Waals surface area contributed by atoms with Crippen molar-refractivity contribution in [2.75, 3.05) is 164 Å². The smallest absolute Gasteiger partial charge is 0.203 e. The van der Waals surface area contributed by atoms with Crippen LogP contribution in [-0.2, 0) is 0 Å². The summed E-state index contributed by atoms with van der Waals surface area (Å²) in [7, 11) is 36.8. The number of aryl methyl sites for hydroxylation is 3. The SMILES string of the molecule is C.C.C.C.C.C.C.C.C.C.COc1cc(Br)c(OC)c(Br)c1.COc1cc(C)c(OC)c(C)c1.COc1cc(Cl)c(OC)c(Cl)c1.COc1cc(OC)c(OC)c(OC)c1.COc1ccc(OC)c(Br)c1.COc1ccc(OC)c(C)c1.COc1ccc(OC)c(Cl)c1.COc1ccc(OC)c(Cl)c1Cl.COc1ccc(OC)c(OC)c1.COc1ccc(OC)cc1. The molecule has 0 heterocycles. The Bertz CT molecular complexity index is 4120. The minimum Gasteiger partial charge on any atom is -0.497 e. The van der Waals surface area contributed by atoms with Crippen molar-refractivity contribution in [3.63, 3.8) is 0 Å². The summed E-state index contributed by atoms with van der Waals surface area (Å²) >= 11 is 39.2. The molecule has 0 bridgehead atoms. The highest BCUT2D eigenvalue weighted by atomic mass is 79.9. The van der Waals surface area contributed by atoms with Gasteiger partial charge >= 0.3 is 0 Å². The van der Waals surface area contributed by atoms with E-state index in [1.54, 1.807) is 209 Å². The van der Waals surface area contributed by atoms with Crippen LogP contribution in [0.3, 0.4) is 0 Å². The number of methoxy groups -OCH3 is 23. The van der Waals surface area contributed by atoms with Crippen molar-refractivity contribution in [3.05, 3.63) is 213 Å². The molecule has 0 atom stereocenters. The van der Waals surface area contributed by atoms with Crippen molar-refractivity contribution >= 4 is 106 Å². The summed E-state index contributed by atoms with van der Waals surface area (Å²) < 4.78 is 119. The molecule has 31 heteroatoms. The van der Waals surface area contributed by atoms with Gasteiger partial charge in [0.15, 0.2) is 28.7 Å². The number of benzene rings is 10. The number of rotatable bonds is 23. The third-order valence-electron chi connectivity index (χ3n) is 15.2. The van der Waals surface area contributed by atoms with Crippen LogP contribution in [0.1, 0.15) is 91.0 Å². The summed E-state index contributed by atoms with van der Waals surface area (Å²) in [5.74, 6) is 16.6. The highest BCUT2D eigenvalue weighted by Crippen LogP contribution is 2.43. The van der Waals surface area contributed by atoms with E-state index in [2.05, 4.69) is 47.8 Å². The molecule has 0 aliphatic carbocycles. The van der Waals surface area contributed by atoms with Crippen molar-refractivity contribution in [1.82, 2.24) is 0 Å². The summed E-state index contributed by atoms with van der Waals surface area (Å²) in [6, 6.07) is 47.2. The van der Waals surface area contributed by atoms with Crippen LogP contribution in [0, 0.1) is 20.8 Å². The predicted molar refractivity (Wildman–Crippen MR) is 545 cm³/mol. The van der Waals surface area contributed by atoms with Crippen molar-refractivity contribution < 1.29 is 109 Å². The lowest BCUT2D eigenvalue weighted by Gasteiger charge is -2.13. The molecule has 0 saturated heterocycles. The largest absolute Gasteiger partial charge is 0.497 e. The fourth-order valence-electron chi connectivity index (χ4n) is 9.23. The Labute approximate surface area is 812 Å². The van der Waals surface area contributed by atoms with E-state index in [1.807, 2.05) is 112 Å². The van der Waals surface area contributed by atoms with Gasteiger partial charge < -0.3 is 109 Å². The fourth-order valence-corrected chi connectivity index (χ4v) is 12.6. The summed E-state index contributed by atoms with van der Waals surface area (Å²) in [6.07, 6.45) is 0. The number of hydrogen-bond donors (Lipinski definition) is 0. The third-order valence-corrected chi connectivity index (χ3v) is 18.7. The van der Waals surface area contributed by atoms with Crippen molar-refractivity contribution in [2.45, 2.75) is 95.0 Å². The van der Waals surface area contributed by atoms with Gasteiger partial charge in [0.2, 0.25) is 5.75 Å². The van der Waals surface area contributed by atoms with Gasteiger partial charge in [0.05, 0.1) is 192 Å². The van der Waals surface area contributed by atoms with Gasteiger partial charge in [-0.3, -0.25) is 0 Å². The molecule has 0 fully saturated rings. The van der Waals surface area contributed by atoms with Crippen molar-refractivity contribution in [1.29, 1.82) is 0 Å². The van der Waals surface area contributed by atoms with Crippen LogP contribution in [0.4, 0.5) is 0 Å². The van der Waals surface area contributed by atoms with E-state index in [9.17, 15) is 0 Å². The zero-order chi connectivity index (χ0) is 88.3. The number of ether oxygens (including phenoxy) is 23. The number of halogens is 8. The maximum Gasteiger partial charge on any atom is 0.203 e. The zero-order valence-electron chi connectivity index (χ0n) is 70.4. The Morgan fingerprint density at radius 1 is 0.165 bits per heavy atom. The Hall–Kier alpha value is -9.51. The van der Waals surface area contributed by atoms with Gasteiger partial charge in [-0.2, -0.15) is 0 Å². The Morgan fingerprint density at radius 2 is 0.402 bits per heavy atom. The Morgan fingerprint density at radius 3 is 0.709 bits per heavy atom. The standard InChI is InChI=1S/C10H14O4.C10H14O2.C9H12O3.C9H12O2.C8H8Br2O2.C8H9BrO2.2C8H8Cl2O2.C8H9ClO2.C8H10O2.10CH4/c1-11-7-5-8(12-2)10(14-4)9(6-7)13-3;1-7-5-9(11-3)6-8(2)10(7)12-4;1-10-7-4-5-8(11-2)9(6-7)12-3;1-7-6-8(10-2)4-5-9(7)11-3;1-11-5-3-6(9)8(12-2)7(10)4-5;1-10-6-3-4-8(11-2)7(9)5-6;1-11-5-3-6(9)8(12-2)7(10)4-5;1-11-5-3-4-6(12-2)8(10)7(5)9;1-10-6-3-4-8(11-2)7(9)5-6;1-9-7-3-5-8(10-2)6-4-7;;;;;;;;;;/h5-6H,1-4H3;5-6H,1-4H3;4-6H,1-3H3;4-6H,1-3H3;3-4H,1-2H3;3-5H,1-2H3;2*3-4H,1-2H3;3-5H,1-2H3;3-6H,1-2H3;10*1H4. The first-order valence-corrected chi connectivity index (χ1v) is 38.4. The minimum absolute atomic E-state index is 0. The molecule has 10 aromatic rings. The lowest BCUT2D eigenvalue weighted by molar-refractivity contribution is 0.318. The second-order valence-corrected chi connectivity index (χ2v) is 26.7. The van der Waals surface area contributed by atoms with Crippen LogP contribution in [0.15, 0.2) is 171 Å². The molecule has 23 nitrogen and oxygen atoms in total. The quantitative estimate of drug-likeness (QED) is 0.0582. The number of hydrogen-bond acceptors (Lipinski definition) is 23. The van der Waals surface area contributed by atoms with Gasteiger partial charge in [-0.05, 0) is 207 Å². The van der Waals surface area contributed by atoms with E-state index in [0.29, 0.717) is 88.4 Å². The van der Waals surface area contributed by atoms with Crippen LogP contribution in [0.2, 0.25) is 25.1 Å². The Kier molecular flexibility index (Phi) is 84.3. The average Bonchev–Trinajstić information content (AvgIpc) is 0.820. The van der Waals surface area contributed by atoms with E-state index in [4.69, 9.17) is 167 Å². The van der Waals surface area contributed by atoms with Gasteiger partial charge in [0.1, 0.15) is 108 Å². The molecular weight excluding hydrogens is 1940 g/mol. The minimum atomic E-state index is 0. The van der Waals surface area contributed by atoms with E-state index in [-0.39, 0.29) is 74.3 Å². The fraction of sp³-hybridized carbons (Fsp3) is 0.375. The average molecular weight is 2080 g/mol. The second kappa shape index (κ2) is 77.6. The Balaban J connectivity index is -0.000000149. The van der Waals surface area contributed by atoms with E-state index in [0.717, 1.165) is 99.1 Å². The lowest BCUT2D eigenvalue weighted by atomic mass is 10.1. The lowest BCUT2D eigenvalue weighted by Crippen LogP contribution is -1.95. The highest BCUT2D eigenvalue weighted by molar-refractivity contribution is 9.11. The van der Waals surface area contributed by atoms with E-state index in [1.165, 1.54) is 21.3 Å². The van der Waals surface area contributed by atoms with Gasteiger partial charge in [-0.1, -0.05) is 132 Å². The first-order chi connectivity index (χ1) is 56.0. The molecule has 722 valence electrons. The van der Waals surface area contributed by atoms with Crippen LogP contribution in [0.5, 0.6) is 132 Å². The first-order valence-electron chi connectivity index (χ1n) is 34.1. The molecular formula is C96H144Br3Cl5O23. The molecule has 0 amide bonds. The normalized spacial score (nSPS) is 8.71. The molecule has 0 aliphatic heterocycles. The maximum atomic E-state index is 5.84. The van der Waals surface area contributed by atoms with Gasteiger partial charge in [-0.15, -0.1) is 0 Å². The molecule has 0 unspecified atom stereocenters. The molecule has 0 spiro atoms. The van der Waals surface area contributed by atoms with Gasteiger partial charge in [0, 0.05) is 36.4 Å². The van der Waals surface area contributed by atoms with Crippen LogP contribution in [-0.4, -0.2) is 164 Å². The summed E-state index contributed by atoms with van der Waals surface area (Å²) in [6.45, 7) is 6.00. The molecule has 0 N–H and O–H groups in total. The third kappa shape index (κ3) is 47.4. The van der Waals surface area contributed by atoms with Crippen LogP contribution in [0.25, 0.3) is 0 Å². The molecule has 0 aliphatic rings. The molecule has 127 heavy (non-hydrogen) atoms. The second-order valence-electron chi connectivity index (χ2n) is 22.1. The highest BCUT2D eigenvalue weighted by Gasteiger charge is 2.15. The maximum absolute atomic E-state index is 5.84. The predicted octanol–water partition coefficient (Wildman–Crippen LogP) is 29.9.